The van der Waals surface area contributed by atoms with Gasteiger partial charge in [0.15, 0.2) is 0 Å². The van der Waals surface area contributed by atoms with Crippen LogP contribution in [0, 0.1) is 0 Å². The summed E-state index contributed by atoms with van der Waals surface area (Å²) >= 11 is 0. The number of hydrogen-bond donors (Lipinski definition) is 1. The molecule has 0 bridgehead atoms. The van der Waals surface area contributed by atoms with Crippen LogP contribution in [-0.2, 0) is 0 Å². The third kappa shape index (κ3) is 2.99. The summed E-state index contributed by atoms with van der Waals surface area (Å²) in [6.07, 6.45) is 0. The average Bonchev–Trinajstić information content (AvgIpc) is 2.39. The Morgan fingerprint density at radius 2 is 1.71 bits per heavy atom. The van der Waals surface area contributed by atoms with E-state index in [9.17, 15) is 0 Å². The highest BCUT2D eigenvalue weighted by atomic mass is 15.3. The predicted octanol–water partition coefficient (Wildman–Crippen LogP) is 1.85. The van der Waals surface area contributed by atoms with Gasteiger partial charge in [0.05, 0.1) is 0 Å². The van der Waals surface area contributed by atoms with Gasteiger partial charge in [-0.25, -0.2) is 0 Å². The molecule has 1 aliphatic heterocycles. The van der Waals surface area contributed by atoms with Crippen molar-refractivity contribution in [1.82, 2.24) is 4.90 Å². The summed E-state index contributed by atoms with van der Waals surface area (Å²) in [5, 5.41) is 0. The van der Waals surface area contributed by atoms with Crippen molar-refractivity contribution in [2.24, 2.45) is 5.73 Å². The van der Waals surface area contributed by atoms with Gasteiger partial charge in [-0.3, -0.25) is 0 Å². The fourth-order valence-electron chi connectivity index (χ4n) is 2.31. The molecule has 0 spiro atoms. The number of nitrogens with two attached hydrogens (primary N) is 1. The van der Waals surface area contributed by atoms with Crippen LogP contribution in [0.3, 0.4) is 0 Å². The van der Waals surface area contributed by atoms with Gasteiger partial charge in [-0.1, -0.05) is 19.1 Å². The molecule has 0 aromatic heterocycles. The molecular weight excluding hydrogens is 210 g/mol. The van der Waals surface area contributed by atoms with Gasteiger partial charge in [0.25, 0.3) is 0 Å². The van der Waals surface area contributed by atoms with E-state index in [-0.39, 0.29) is 6.04 Å². The van der Waals surface area contributed by atoms with E-state index >= 15 is 0 Å². The number of nitrogens with zero attached hydrogens (tertiary/aromatic N) is 2. The zero-order chi connectivity index (χ0) is 12.3. The second kappa shape index (κ2) is 5.52. The lowest BCUT2D eigenvalue weighted by molar-refractivity contribution is 0.271. The normalized spacial score (nSPS) is 19.4. The number of hydrogen-bond acceptors (Lipinski definition) is 3. The van der Waals surface area contributed by atoms with Gasteiger partial charge in [0, 0.05) is 37.9 Å². The van der Waals surface area contributed by atoms with Crippen molar-refractivity contribution in [3.05, 3.63) is 29.8 Å². The van der Waals surface area contributed by atoms with Gasteiger partial charge in [-0.15, -0.1) is 0 Å². The number of likely N-dealkylation sites (N-methyl/N-ethyl adjacent to an activating group) is 1. The molecule has 1 saturated heterocycles. The first kappa shape index (κ1) is 12.4. The van der Waals surface area contributed by atoms with Crippen LogP contribution in [-0.4, -0.2) is 37.6 Å². The quantitative estimate of drug-likeness (QED) is 0.865. The molecule has 1 fully saturated rings. The summed E-state index contributed by atoms with van der Waals surface area (Å²) in [6.45, 7) is 10.0. The fraction of sp³-hybridized carbons (Fsp3) is 0.571. The number of piperazine rings is 1. The van der Waals surface area contributed by atoms with Crippen molar-refractivity contribution in [2.45, 2.75) is 19.9 Å². The van der Waals surface area contributed by atoms with E-state index in [2.05, 4.69) is 41.0 Å². The first-order chi connectivity index (χ1) is 8.20. The Balaban J connectivity index is 1.99. The molecule has 0 saturated carbocycles. The monoisotopic (exact) mass is 233 g/mol. The van der Waals surface area contributed by atoms with Crippen molar-refractivity contribution in [1.29, 1.82) is 0 Å². The minimum atomic E-state index is 0.126. The molecule has 0 aliphatic carbocycles. The van der Waals surface area contributed by atoms with Gasteiger partial charge in [0.2, 0.25) is 0 Å². The molecule has 17 heavy (non-hydrogen) atoms. The van der Waals surface area contributed by atoms with Crippen LogP contribution in [0.2, 0.25) is 0 Å². The Morgan fingerprint density at radius 1 is 1.12 bits per heavy atom. The van der Waals surface area contributed by atoms with Crippen molar-refractivity contribution in [3.63, 3.8) is 0 Å². The summed E-state index contributed by atoms with van der Waals surface area (Å²) in [5.74, 6) is 0. The summed E-state index contributed by atoms with van der Waals surface area (Å²) in [7, 11) is 0. The van der Waals surface area contributed by atoms with E-state index in [1.54, 1.807) is 0 Å². The Kier molecular flexibility index (Phi) is 4.02. The standard InChI is InChI=1S/C14H23N3/c1-3-16-8-10-17(11-9-16)14-6-4-13(5-7-14)12(2)15/h4-7,12H,3,8-11,15H2,1-2H3. The molecule has 1 aliphatic rings. The molecular formula is C14H23N3. The van der Waals surface area contributed by atoms with E-state index in [0.29, 0.717) is 0 Å². The largest absolute Gasteiger partial charge is 0.369 e. The lowest BCUT2D eigenvalue weighted by atomic mass is 10.1. The molecule has 2 rings (SSSR count). The second-order valence-electron chi connectivity index (χ2n) is 4.80. The van der Waals surface area contributed by atoms with E-state index < -0.39 is 0 Å². The smallest absolute Gasteiger partial charge is 0.0367 e. The minimum Gasteiger partial charge on any atom is -0.369 e. The maximum atomic E-state index is 5.86. The molecule has 1 atom stereocenters. The number of benzene rings is 1. The lowest BCUT2D eigenvalue weighted by Gasteiger charge is -2.35. The van der Waals surface area contributed by atoms with Gasteiger partial charge in [-0.2, -0.15) is 0 Å². The first-order valence-corrected chi connectivity index (χ1v) is 6.53. The summed E-state index contributed by atoms with van der Waals surface area (Å²) in [4.78, 5) is 4.95. The maximum absolute atomic E-state index is 5.86. The molecule has 3 heteroatoms. The number of anilines is 1. The van der Waals surface area contributed by atoms with Crippen molar-refractivity contribution < 1.29 is 0 Å². The van der Waals surface area contributed by atoms with Gasteiger partial charge in [-0.05, 0) is 31.2 Å². The SMILES string of the molecule is CCN1CCN(c2ccc(C(C)N)cc2)CC1. The van der Waals surface area contributed by atoms with Crippen molar-refractivity contribution >= 4 is 5.69 Å². The molecule has 1 heterocycles. The third-order valence-corrected chi connectivity index (χ3v) is 3.60. The molecule has 94 valence electrons. The van der Waals surface area contributed by atoms with Crippen molar-refractivity contribution in [3.8, 4) is 0 Å². The Labute approximate surface area is 104 Å². The first-order valence-electron chi connectivity index (χ1n) is 6.53. The third-order valence-electron chi connectivity index (χ3n) is 3.60. The van der Waals surface area contributed by atoms with Crippen LogP contribution in [0.1, 0.15) is 25.5 Å². The van der Waals surface area contributed by atoms with E-state index in [1.165, 1.54) is 24.3 Å². The molecule has 1 aromatic carbocycles. The molecule has 3 nitrogen and oxygen atoms in total. The molecule has 2 N–H and O–H groups in total. The second-order valence-corrected chi connectivity index (χ2v) is 4.80. The Morgan fingerprint density at radius 3 is 2.18 bits per heavy atom. The molecule has 1 unspecified atom stereocenters. The number of rotatable bonds is 3. The highest BCUT2D eigenvalue weighted by Crippen LogP contribution is 2.19. The Hall–Kier alpha value is -1.06. The minimum absolute atomic E-state index is 0.126. The van der Waals surface area contributed by atoms with Crippen LogP contribution >= 0.6 is 0 Å². The highest BCUT2D eigenvalue weighted by molar-refractivity contribution is 5.48. The van der Waals surface area contributed by atoms with E-state index in [1.807, 2.05) is 6.92 Å². The van der Waals surface area contributed by atoms with Crippen LogP contribution in [0.5, 0.6) is 0 Å². The van der Waals surface area contributed by atoms with Crippen LogP contribution in [0.25, 0.3) is 0 Å². The highest BCUT2D eigenvalue weighted by Gasteiger charge is 2.15. The lowest BCUT2D eigenvalue weighted by Crippen LogP contribution is -2.46. The molecule has 0 amide bonds. The van der Waals surface area contributed by atoms with Crippen LogP contribution < -0.4 is 10.6 Å². The average molecular weight is 233 g/mol. The molecule has 1 aromatic rings. The summed E-state index contributed by atoms with van der Waals surface area (Å²) in [5.41, 5.74) is 8.39. The zero-order valence-electron chi connectivity index (χ0n) is 10.9. The molecule has 0 radical (unpaired) electrons. The van der Waals surface area contributed by atoms with Gasteiger partial charge >= 0.3 is 0 Å². The van der Waals surface area contributed by atoms with E-state index in [4.69, 9.17) is 5.73 Å². The maximum Gasteiger partial charge on any atom is 0.0367 e. The summed E-state index contributed by atoms with van der Waals surface area (Å²) < 4.78 is 0. The predicted molar refractivity (Wildman–Crippen MR) is 73.4 cm³/mol. The van der Waals surface area contributed by atoms with Crippen LogP contribution in [0.15, 0.2) is 24.3 Å². The zero-order valence-corrected chi connectivity index (χ0v) is 10.9. The summed E-state index contributed by atoms with van der Waals surface area (Å²) in [6, 6.07) is 8.81. The fourth-order valence-corrected chi connectivity index (χ4v) is 2.31. The van der Waals surface area contributed by atoms with E-state index in [0.717, 1.165) is 19.6 Å². The van der Waals surface area contributed by atoms with Gasteiger partial charge < -0.3 is 15.5 Å². The van der Waals surface area contributed by atoms with Crippen molar-refractivity contribution in [2.75, 3.05) is 37.6 Å². The van der Waals surface area contributed by atoms with Crippen LogP contribution in [0.4, 0.5) is 5.69 Å². The topological polar surface area (TPSA) is 32.5 Å². The van der Waals surface area contributed by atoms with Gasteiger partial charge in [0.1, 0.15) is 0 Å². The Bertz CT molecular complexity index is 337.